The summed E-state index contributed by atoms with van der Waals surface area (Å²) in [7, 11) is 0. The average molecular weight is 418 g/mol. The van der Waals surface area contributed by atoms with Gasteiger partial charge in [-0.3, -0.25) is 4.79 Å². The van der Waals surface area contributed by atoms with E-state index >= 15 is 0 Å². The zero-order valence-electron chi connectivity index (χ0n) is 17.5. The van der Waals surface area contributed by atoms with Crippen LogP contribution in [0.4, 0.5) is 5.69 Å². The van der Waals surface area contributed by atoms with E-state index in [0.717, 1.165) is 0 Å². The van der Waals surface area contributed by atoms with Crippen LogP contribution >= 0.6 is 11.6 Å². The maximum atomic E-state index is 12.7. The number of anilines is 1. The van der Waals surface area contributed by atoms with Crippen molar-refractivity contribution in [3.63, 3.8) is 0 Å². The normalized spacial score (nSPS) is 12.2. The van der Waals surface area contributed by atoms with E-state index in [2.05, 4.69) is 26.1 Å². The van der Waals surface area contributed by atoms with E-state index in [1.807, 2.05) is 31.2 Å². The molecule has 2 aromatic carbocycles. The third-order valence-corrected chi connectivity index (χ3v) is 4.72. The molecular weight excluding hydrogens is 390 g/mol. The Morgan fingerprint density at radius 1 is 1.07 bits per heavy atom. The first kappa shape index (κ1) is 22.8. The van der Waals surface area contributed by atoms with Crippen LogP contribution in [0, 0.1) is 0 Å². The minimum Gasteiger partial charge on any atom is -0.481 e. The Morgan fingerprint density at radius 2 is 1.72 bits per heavy atom. The first-order chi connectivity index (χ1) is 13.7. The molecule has 0 bridgehead atoms. The van der Waals surface area contributed by atoms with Crippen molar-refractivity contribution in [2.75, 3.05) is 11.9 Å². The summed E-state index contributed by atoms with van der Waals surface area (Å²) >= 11 is 6.07. The Hall–Kier alpha value is -2.53. The number of carbonyl (C=O) groups is 2. The fraction of sp³-hybridized carbons (Fsp3) is 0.391. The fourth-order valence-corrected chi connectivity index (χ4v) is 2.91. The van der Waals surface area contributed by atoms with Crippen LogP contribution in [0.1, 0.15) is 57.0 Å². The first-order valence-electron chi connectivity index (χ1n) is 9.70. The predicted molar refractivity (Wildman–Crippen MR) is 116 cm³/mol. The Balaban J connectivity index is 2.10. The van der Waals surface area contributed by atoms with E-state index in [1.54, 1.807) is 19.1 Å². The van der Waals surface area contributed by atoms with Gasteiger partial charge in [-0.1, -0.05) is 51.4 Å². The van der Waals surface area contributed by atoms with Crippen molar-refractivity contribution in [1.29, 1.82) is 0 Å². The number of benzene rings is 2. The summed E-state index contributed by atoms with van der Waals surface area (Å²) < 4.78 is 10.9. The third-order valence-electron chi connectivity index (χ3n) is 4.39. The lowest BCUT2D eigenvalue weighted by Crippen LogP contribution is -2.32. The Bertz CT molecular complexity index is 856. The van der Waals surface area contributed by atoms with Crippen molar-refractivity contribution in [2.24, 2.45) is 0 Å². The number of hydrogen-bond acceptors (Lipinski definition) is 4. The number of carbonyl (C=O) groups excluding carboxylic acids is 2. The summed E-state index contributed by atoms with van der Waals surface area (Å²) in [6, 6.07) is 12.4. The minimum atomic E-state index is -0.669. The molecule has 0 saturated heterocycles. The van der Waals surface area contributed by atoms with Gasteiger partial charge < -0.3 is 14.8 Å². The summed E-state index contributed by atoms with van der Waals surface area (Å²) in [5.74, 6) is -0.205. The lowest BCUT2D eigenvalue weighted by atomic mass is 9.87. The molecule has 29 heavy (non-hydrogen) atoms. The van der Waals surface area contributed by atoms with Crippen LogP contribution in [-0.2, 0) is 14.9 Å². The van der Waals surface area contributed by atoms with Crippen molar-refractivity contribution in [3.8, 4) is 5.75 Å². The van der Waals surface area contributed by atoms with Crippen molar-refractivity contribution in [3.05, 3.63) is 58.6 Å². The van der Waals surface area contributed by atoms with Crippen LogP contribution < -0.4 is 10.1 Å². The van der Waals surface area contributed by atoms with Gasteiger partial charge in [-0.2, -0.15) is 0 Å². The van der Waals surface area contributed by atoms with Crippen molar-refractivity contribution in [2.45, 2.75) is 52.6 Å². The highest BCUT2D eigenvalue weighted by atomic mass is 35.5. The number of nitrogens with one attached hydrogen (secondary N) is 1. The summed E-state index contributed by atoms with van der Waals surface area (Å²) in [5.41, 5.74) is 1.89. The fourth-order valence-electron chi connectivity index (χ4n) is 2.71. The van der Waals surface area contributed by atoms with Gasteiger partial charge in [0.1, 0.15) is 5.75 Å². The second-order valence-electron chi connectivity index (χ2n) is 7.69. The molecule has 0 spiro atoms. The number of rotatable bonds is 7. The molecule has 2 aromatic rings. The van der Waals surface area contributed by atoms with E-state index < -0.39 is 12.1 Å². The molecule has 0 radical (unpaired) electrons. The standard InChI is InChI=1S/C23H28ClNO4/c1-6-20(29-17-11-8-15(9-12-17)23(3,4)5)21(26)25-16-10-13-19(24)18(14-16)22(27)28-7-2/h8-14,20H,6-7H2,1-5H3,(H,25,26)/t20-/m1/s1. The quantitative estimate of drug-likeness (QED) is 0.594. The monoisotopic (exact) mass is 417 g/mol. The molecule has 0 aliphatic heterocycles. The SMILES string of the molecule is CCOC(=O)c1cc(NC(=O)[C@@H](CC)Oc2ccc(C(C)(C)C)cc2)ccc1Cl. The number of amides is 1. The van der Waals surface area contributed by atoms with Gasteiger partial charge in [-0.25, -0.2) is 4.79 Å². The molecule has 0 saturated carbocycles. The van der Waals surface area contributed by atoms with Gasteiger partial charge >= 0.3 is 5.97 Å². The molecule has 0 aliphatic carbocycles. The van der Waals surface area contributed by atoms with Gasteiger partial charge in [0.15, 0.2) is 6.10 Å². The predicted octanol–water partition coefficient (Wildman–Crippen LogP) is 5.61. The van der Waals surface area contributed by atoms with E-state index in [-0.39, 0.29) is 28.5 Å². The molecule has 5 nitrogen and oxygen atoms in total. The van der Waals surface area contributed by atoms with Crippen LogP contribution in [0.2, 0.25) is 5.02 Å². The van der Waals surface area contributed by atoms with E-state index in [9.17, 15) is 9.59 Å². The van der Waals surface area contributed by atoms with Crippen LogP contribution in [-0.4, -0.2) is 24.6 Å². The molecule has 156 valence electrons. The number of hydrogen-bond donors (Lipinski definition) is 1. The summed E-state index contributed by atoms with van der Waals surface area (Å²) in [5, 5.41) is 3.05. The molecular formula is C23H28ClNO4. The Morgan fingerprint density at radius 3 is 2.28 bits per heavy atom. The summed E-state index contributed by atoms with van der Waals surface area (Å²) in [6.07, 6.45) is -0.178. The van der Waals surface area contributed by atoms with Crippen LogP contribution in [0.25, 0.3) is 0 Å². The Labute approximate surface area is 177 Å². The molecule has 1 amide bonds. The highest BCUT2D eigenvalue weighted by molar-refractivity contribution is 6.33. The van der Waals surface area contributed by atoms with Crippen molar-refractivity contribution in [1.82, 2.24) is 0 Å². The molecule has 1 atom stereocenters. The van der Waals surface area contributed by atoms with E-state index in [0.29, 0.717) is 17.9 Å². The van der Waals surface area contributed by atoms with Gasteiger partial charge in [-0.15, -0.1) is 0 Å². The maximum absolute atomic E-state index is 12.7. The maximum Gasteiger partial charge on any atom is 0.339 e. The second kappa shape index (κ2) is 9.79. The summed E-state index contributed by atoms with van der Waals surface area (Å²) in [6.45, 7) is 10.3. The molecule has 1 N–H and O–H groups in total. The van der Waals surface area contributed by atoms with Gasteiger partial charge in [0.25, 0.3) is 5.91 Å². The zero-order chi connectivity index (χ0) is 21.6. The molecule has 0 fully saturated rings. The number of halogens is 1. The molecule has 2 rings (SSSR count). The Kier molecular flexibility index (Phi) is 7.68. The highest BCUT2D eigenvalue weighted by Gasteiger charge is 2.21. The largest absolute Gasteiger partial charge is 0.481 e. The second-order valence-corrected chi connectivity index (χ2v) is 8.10. The van der Waals surface area contributed by atoms with E-state index in [1.165, 1.54) is 11.6 Å². The smallest absolute Gasteiger partial charge is 0.339 e. The van der Waals surface area contributed by atoms with Crippen LogP contribution in [0.15, 0.2) is 42.5 Å². The molecule has 0 aromatic heterocycles. The number of ether oxygens (including phenoxy) is 2. The van der Waals surface area contributed by atoms with Gasteiger partial charge in [-0.05, 0) is 54.7 Å². The van der Waals surface area contributed by atoms with Crippen molar-refractivity contribution >= 4 is 29.2 Å². The van der Waals surface area contributed by atoms with Gasteiger partial charge in [0.05, 0.1) is 17.2 Å². The lowest BCUT2D eigenvalue weighted by molar-refractivity contribution is -0.122. The van der Waals surface area contributed by atoms with Gasteiger partial charge in [0, 0.05) is 5.69 Å². The molecule has 6 heteroatoms. The zero-order valence-corrected chi connectivity index (χ0v) is 18.3. The average Bonchev–Trinajstić information content (AvgIpc) is 2.67. The molecule has 0 aliphatic rings. The first-order valence-corrected chi connectivity index (χ1v) is 10.1. The van der Waals surface area contributed by atoms with Crippen molar-refractivity contribution < 1.29 is 19.1 Å². The van der Waals surface area contributed by atoms with Crippen LogP contribution in [0.3, 0.4) is 0 Å². The van der Waals surface area contributed by atoms with Gasteiger partial charge in [0.2, 0.25) is 0 Å². The topological polar surface area (TPSA) is 64.6 Å². The van der Waals surface area contributed by atoms with Crippen LogP contribution in [0.5, 0.6) is 5.75 Å². The highest BCUT2D eigenvalue weighted by Crippen LogP contribution is 2.25. The summed E-state index contributed by atoms with van der Waals surface area (Å²) in [4.78, 5) is 24.7. The lowest BCUT2D eigenvalue weighted by Gasteiger charge is -2.21. The number of esters is 1. The molecule has 0 unspecified atom stereocenters. The molecule has 0 heterocycles. The minimum absolute atomic E-state index is 0.0469. The van der Waals surface area contributed by atoms with E-state index in [4.69, 9.17) is 21.1 Å². The third kappa shape index (κ3) is 6.23.